The molecule has 0 radical (unpaired) electrons. The van der Waals surface area contributed by atoms with Crippen molar-refractivity contribution in [1.29, 1.82) is 0 Å². The van der Waals surface area contributed by atoms with Gasteiger partial charge in [0.15, 0.2) is 5.43 Å². The van der Waals surface area contributed by atoms with Gasteiger partial charge in [0.1, 0.15) is 5.82 Å². The summed E-state index contributed by atoms with van der Waals surface area (Å²) in [6, 6.07) is 21.0. The number of hydrogen-bond acceptors (Lipinski definition) is 2. The number of anilines is 1. The molecule has 1 amide bonds. The maximum Gasteiger partial charge on any atom is 0.256 e. The summed E-state index contributed by atoms with van der Waals surface area (Å²) in [6.07, 6.45) is 0. The van der Waals surface area contributed by atoms with Gasteiger partial charge in [0, 0.05) is 27.5 Å². The molecular formula is C24H18Cl2N2O2. The number of rotatable bonds is 4. The van der Waals surface area contributed by atoms with E-state index in [1.54, 1.807) is 54.6 Å². The number of fused-ring (bicyclic) bond motifs is 1. The number of aromatic nitrogens is 1. The molecule has 0 aliphatic heterocycles. The summed E-state index contributed by atoms with van der Waals surface area (Å²) in [5.41, 5.74) is 2.17. The highest BCUT2D eigenvalue weighted by molar-refractivity contribution is 6.31. The number of nitrogens with one attached hydrogen (secondary N) is 1. The Morgan fingerprint density at radius 1 is 0.900 bits per heavy atom. The summed E-state index contributed by atoms with van der Waals surface area (Å²) in [5, 5.41) is 4.67. The van der Waals surface area contributed by atoms with Gasteiger partial charge in [0.05, 0.1) is 11.1 Å². The van der Waals surface area contributed by atoms with Gasteiger partial charge in [-0.1, -0.05) is 47.5 Å². The molecule has 150 valence electrons. The van der Waals surface area contributed by atoms with Gasteiger partial charge in [-0.2, -0.15) is 0 Å². The van der Waals surface area contributed by atoms with Crippen LogP contribution in [0.15, 0.2) is 77.6 Å². The fraction of sp³-hybridized carbons (Fsp3) is 0.0833. The first-order valence-corrected chi connectivity index (χ1v) is 10.2. The average molecular weight is 437 g/mol. The number of halogens is 2. The van der Waals surface area contributed by atoms with Gasteiger partial charge in [0.2, 0.25) is 0 Å². The first kappa shape index (κ1) is 20.2. The first-order chi connectivity index (χ1) is 14.5. The summed E-state index contributed by atoms with van der Waals surface area (Å²) in [4.78, 5) is 26.4. The minimum Gasteiger partial charge on any atom is -0.327 e. The van der Waals surface area contributed by atoms with Crippen LogP contribution in [0, 0.1) is 0 Å². The zero-order chi connectivity index (χ0) is 21.3. The van der Waals surface area contributed by atoms with Crippen LogP contribution in [-0.4, -0.2) is 10.5 Å². The second-order valence-electron chi connectivity index (χ2n) is 6.78. The number of carbonyl (C=O) groups is 1. The van der Waals surface area contributed by atoms with Gasteiger partial charge in [-0.15, -0.1) is 0 Å². The van der Waals surface area contributed by atoms with E-state index in [-0.39, 0.29) is 11.3 Å². The van der Waals surface area contributed by atoms with Gasteiger partial charge >= 0.3 is 0 Å². The molecule has 1 N–H and O–H groups in total. The van der Waals surface area contributed by atoms with Gasteiger partial charge in [-0.25, -0.2) is 0 Å². The number of hydrogen-bond donors (Lipinski definition) is 1. The lowest BCUT2D eigenvalue weighted by atomic mass is 10.0. The van der Waals surface area contributed by atoms with E-state index in [4.69, 9.17) is 23.2 Å². The second kappa shape index (κ2) is 8.34. The highest BCUT2D eigenvalue weighted by Crippen LogP contribution is 2.30. The van der Waals surface area contributed by atoms with E-state index in [0.29, 0.717) is 44.5 Å². The maximum absolute atomic E-state index is 13.5. The van der Waals surface area contributed by atoms with Crippen LogP contribution in [0.1, 0.15) is 17.3 Å². The molecule has 0 unspecified atom stereocenters. The minimum atomic E-state index is -0.321. The van der Waals surface area contributed by atoms with E-state index in [2.05, 4.69) is 5.32 Å². The molecule has 0 aliphatic rings. The normalized spacial score (nSPS) is 10.9. The monoisotopic (exact) mass is 436 g/mol. The lowest BCUT2D eigenvalue weighted by Gasteiger charge is -2.20. The van der Waals surface area contributed by atoms with Crippen LogP contribution < -0.4 is 10.7 Å². The van der Waals surface area contributed by atoms with Crippen LogP contribution in [0.2, 0.25) is 10.0 Å². The van der Waals surface area contributed by atoms with E-state index in [1.165, 1.54) is 0 Å². The number of nitrogens with zero attached hydrogens (tertiary/aromatic N) is 1. The van der Waals surface area contributed by atoms with Crippen LogP contribution in [0.3, 0.4) is 0 Å². The molecular weight excluding hydrogens is 419 g/mol. The van der Waals surface area contributed by atoms with Gasteiger partial charge in [0.25, 0.3) is 5.91 Å². The lowest BCUT2D eigenvalue weighted by molar-refractivity contribution is 0.102. The molecule has 1 aromatic heterocycles. The van der Waals surface area contributed by atoms with E-state index < -0.39 is 0 Å². The predicted molar refractivity (Wildman–Crippen MR) is 124 cm³/mol. The Bertz CT molecular complexity index is 1290. The van der Waals surface area contributed by atoms with Gasteiger partial charge in [-0.3, -0.25) is 9.59 Å². The quantitative estimate of drug-likeness (QED) is 0.411. The maximum atomic E-state index is 13.5. The van der Waals surface area contributed by atoms with Crippen molar-refractivity contribution in [1.82, 2.24) is 4.57 Å². The Morgan fingerprint density at radius 2 is 1.50 bits per heavy atom. The second-order valence-corrected chi connectivity index (χ2v) is 7.65. The number of aryl methyl sites for hydroxylation is 1. The van der Waals surface area contributed by atoms with Crippen LogP contribution in [0.25, 0.3) is 22.0 Å². The number of carbonyl (C=O) groups excluding carboxylic acids is 1. The minimum absolute atomic E-state index is 0.149. The molecule has 6 heteroatoms. The largest absolute Gasteiger partial charge is 0.327 e. The lowest BCUT2D eigenvalue weighted by Crippen LogP contribution is -2.22. The smallest absolute Gasteiger partial charge is 0.256 e. The molecule has 0 fully saturated rings. The molecule has 0 spiro atoms. The Balaban J connectivity index is 1.97. The first-order valence-electron chi connectivity index (χ1n) is 9.48. The van der Waals surface area contributed by atoms with Crippen LogP contribution in [0.4, 0.5) is 5.82 Å². The number of pyridine rings is 1. The van der Waals surface area contributed by atoms with E-state index in [1.807, 2.05) is 29.7 Å². The third-order valence-electron chi connectivity index (χ3n) is 4.96. The zero-order valence-corrected chi connectivity index (χ0v) is 17.7. The highest BCUT2D eigenvalue weighted by Gasteiger charge is 2.20. The number of benzene rings is 3. The highest BCUT2D eigenvalue weighted by atomic mass is 35.5. The molecule has 3 aromatic carbocycles. The van der Waals surface area contributed by atoms with Crippen molar-refractivity contribution in [2.24, 2.45) is 0 Å². The van der Waals surface area contributed by atoms with E-state index in [0.717, 1.165) is 5.52 Å². The predicted octanol–water partition coefficient (Wildman–Crippen LogP) is 6.25. The molecule has 1 heterocycles. The van der Waals surface area contributed by atoms with Gasteiger partial charge in [-0.05, 0) is 61.0 Å². The Morgan fingerprint density at radius 3 is 2.13 bits per heavy atom. The number of para-hydroxylation sites is 1. The molecule has 0 saturated carbocycles. The fourth-order valence-corrected chi connectivity index (χ4v) is 3.77. The topological polar surface area (TPSA) is 51.1 Å². The van der Waals surface area contributed by atoms with Crippen molar-refractivity contribution < 1.29 is 4.79 Å². The van der Waals surface area contributed by atoms with E-state index in [9.17, 15) is 9.59 Å². The molecule has 4 aromatic rings. The summed E-state index contributed by atoms with van der Waals surface area (Å²) in [7, 11) is 0. The van der Waals surface area contributed by atoms with Crippen molar-refractivity contribution >= 4 is 45.8 Å². The third-order valence-corrected chi connectivity index (χ3v) is 5.46. The molecule has 0 saturated heterocycles. The molecule has 0 atom stereocenters. The Kier molecular flexibility index (Phi) is 5.62. The molecule has 0 aliphatic carbocycles. The fourth-order valence-electron chi connectivity index (χ4n) is 3.52. The van der Waals surface area contributed by atoms with Crippen molar-refractivity contribution in [3.63, 3.8) is 0 Å². The summed E-state index contributed by atoms with van der Waals surface area (Å²) >= 11 is 12.0. The van der Waals surface area contributed by atoms with Crippen LogP contribution in [-0.2, 0) is 6.54 Å². The third kappa shape index (κ3) is 3.72. The van der Waals surface area contributed by atoms with Crippen molar-refractivity contribution in [2.45, 2.75) is 13.5 Å². The van der Waals surface area contributed by atoms with Crippen LogP contribution in [0.5, 0.6) is 0 Å². The Hall–Kier alpha value is -3.08. The van der Waals surface area contributed by atoms with Crippen LogP contribution >= 0.6 is 23.2 Å². The summed E-state index contributed by atoms with van der Waals surface area (Å²) in [5.74, 6) is 0.127. The zero-order valence-electron chi connectivity index (χ0n) is 16.2. The van der Waals surface area contributed by atoms with Crippen molar-refractivity contribution in [2.75, 3.05) is 5.32 Å². The molecule has 4 nitrogen and oxygen atoms in total. The van der Waals surface area contributed by atoms with Crippen molar-refractivity contribution in [3.8, 4) is 11.1 Å². The Labute approximate surface area is 183 Å². The van der Waals surface area contributed by atoms with E-state index >= 15 is 0 Å². The number of amides is 1. The standard InChI is InChI=1S/C24H18Cl2N2O2/c1-2-28-20-6-4-3-5-19(20)22(29)21(15-7-11-17(25)12-8-15)23(28)27-24(30)16-9-13-18(26)14-10-16/h3-14H,2H2,1H3,(H,27,30). The van der Waals surface area contributed by atoms with Gasteiger partial charge < -0.3 is 9.88 Å². The molecule has 4 rings (SSSR count). The molecule has 0 bridgehead atoms. The average Bonchev–Trinajstić information content (AvgIpc) is 2.76. The summed E-state index contributed by atoms with van der Waals surface area (Å²) in [6.45, 7) is 2.54. The summed E-state index contributed by atoms with van der Waals surface area (Å²) < 4.78 is 1.94. The SMILES string of the molecule is CCn1c(NC(=O)c2ccc(Cl)cc2)c(-c2ccc(Cl)cc2)c(=O)c2ccccc21. The molecule has 30 heavy (non-hydrogen) atoms. The van der Waals surface area contributed by atoms with Crippen molar-refractivity contribution in [3.05, 3.63) is 98.6 Å².